The zero-order chi connectivity index (χ0) is 14.1. The number of nitrogens with one attached hydrogen (secondary N) is 1. The number of amides is 1. The maximum Gasteiger partial charge on any atom is 0.223 e. The van der Waals surface area contributed by atoms with E-state index in [1.54, 1.807) is 0 Å². The van der Waals surface area contributed by atoms with E-state index in [-0.39, 0.29) is 18.6 Å². The molecule has 0 saturated carbocycles. The molecule has 1 rings (SSSR count). The Morgan fingerprint density at radius 2 is 2.00 bits per heavy atom. The van der Waals surface area contributed by atoms with Gasteiger partial charge < -0.3 is 15.2 Å². The van der Waals surface area contributed by atoms with Crippen molar-refractivity contribution in [2.24, 2.45) is 5.92 Å². The number of hydrogen-bond donors (Lipinski definition) is 2. The van der Waals surface area contributed by atoms with Crippen molar-refractivity contribution in [2.45, 2.75) is 32.7 Å². The summed E-state index contributed by atoms with van der Waals surface area (Å²) in [6.45, 7) is 4.51. The summed E-state index contributed by atoms with van der Waals surface area (Å²) in [5.74, 6) is 1.04. The average molecular weight is 265 g/mol. The van der Waals surface area contributed by atoms with Crippen molar-refractivity contribution < 1.29 is 14.6 Å². The molecule has 0 aliphatic carbocycles. The van der Waals surface area contributed by atoms with E-state index in [0.29, 0.717) is 25.4 Å². The van der Waals surface area contributed by atoms with Crippen LogP contribution in [0.3, 0.4) is 0 Å². The number of rotatable bonds is 8. The van der Waals surface area contributed by atoms with E-state index in [2.05, 4.69) is 5.32 Å². The summed E-state index contributed by atoms with van der Waals surface area (Å²) in [6.07, 6.45) is 0.909. The Bertz CT molecular complexity index is 365. The maximum atomic E-state index is 11.8. The highest BCUT2D eigenvalue weighted by Crippen LogP contribution is 2.09. The van der Waals surface area contributed by atoms with Gasteiger partial charge in [-0.05, 0) is 24.5 Å². The number of aliphatic hydroxyl groups excluding tert-OH is 1. The number of ether oxygens (including phenoxy) is 1. The molecule has 0 bridgehead atoms. The Morgan fingerprint density at radius 3 is 2.58 bits per heavy atom. The molecule has 0 aliphatic rings. The van der Waals surface area contributed by atoms with Crippen LogP contribution in [0.15, 0.2) is 30.3 Å². The van der Waals surface area contributed by atoms with Gasteiger partial charge in [0.15, 0.2) is 0 Å². The third-order valence-corrected chi connectivity index (χ3v) is 2.93. The van der Waals surface area contributed by atoms with Gasteiger partial charge in [-0.1, -0.05) is 32.0 Å². The predicted octanol–water partition coefficient (Wildman–Crippen LogP) is 1.98. The topological polar surface area (TPSA) is 58.6 Å². The molecule has 1 amide bonds. The van der Waals surface area contributed by atoms with Crippen molar-refractivity contribution in [1.29, 1.82) is 0 Å². The smallest absolute Gasteiger partial charge is 0.223 e. The van der Waals surface area contributed by atoms with E-state index in [0.717, 1.165) is 5.75 Å². The first-order valence-corrected chi connectivity index (χ1v) is 6.71. The van der Waals surface area contributed by atoms with Gasteiger partial charge in [0, 0.05) is 12.6 Å². The van der Waals surface area contributed by atoms with Gasteiger partial charge in [0.1, 0.15) is 5.75 Å². The Hall–Kier alpha value is -1.55. The average Bonchev–Trinajstić information content (AvgIpc) is 2.39. The van der Waals surface area contributed by atoms with Crippen molar-refractivity contribution in [3.8, 4) is 5.75 Å². The van der Waals surface area contributed by atoms with Crippen LogP contribution in [-0.4, -0.2) is 30.3 Å². The number of benzene rings is 1. The molecule has 106 valence electrons. The van der Waals surface area contributed by atoms with E-state index in [1.165, 1.54) is 0 Å². The second-order valence-corrected chi connectivity index (χ2v) is 4.84. The Labute approximate surface area is 114 Å². The lowest BCUT2D eigenvalue weighted by Crippen LogP contribution is -2.39. The van der Waals surface area contributed by atoms with E-state index >= 15 is 0 Å². The first-order valence-electron chi connectivity index (χ1n) is 6.71. The molecular formula is C15H23NO3. The third kappa shape index (κ3) is 6.25. The van der Waals surface area contributed by atoms with Gasteiger partial charge in [0.05, 0.1) is 13.0 Å². The lowest BCUT2D eigenvalue weighted by Gasteiger charge is -2.21. The van der Waals surface area contributed by atoms with Gasteiger partial charge >= 0.3 is 0 Å². The maximum absolute atomic E-state index is 11.8. The molecule has 0 radical (unpaired) electrons. The van der Waals surface area contributed by atoms with Gasteiger partial charge in [-0.15, -0.1) is 0 Å². The lowest BCUT2D eigenvalue weighted by molar-refractivity contribution is -0.122. The number of carbonyl (C=O) groups excluding carboxylic acids is 1. The van der Waals surface area contributed by atoms with E-state index in [4.69, 9.17) is 9.84 Å². The Morgan fingerprint density at radius 1 is 1.32 bits per heavy atom. The van der Waals surface area contributed by atoms with Crippen LogP contribution < -0.4 is 10.1 Å². The fourth-order valence-electron chi connectivity index (χ4n) is 1.77. The quantitative estimate of drug-likeness (QED) is 0.755. The Balaban J connectivity index is 2.27. The zero-order valence-electron chi connectivity index (χ0n) is 11.6. The molecule has 4 nitrogen and oxygen atoms in total. The van der Waals surface area contributed by atoms with Gasteiger partial charge in [0.25, 0.3) is 0 Å². The Kier molecular flexibility index (Phi) is 6.97. The van der Waals surface area contributed by atoms with Crippen LogP contribution >= 0.6 is 0 Å². The van der Waals surface area contributed by atoms with Gasteiger partial charge in [0.2, 0.25) is 5.91 Å². The number of carbonyl (C=O) groups is 1. The molecule has 0 saturated heterocycles. The summed E-state index contributed by atoms with van der Waals surface area (Å²) in [5.41, 5.74) is 0. The first-order chi connectivity index (χ1) is 9.13. The first kappa shape index (κ1) is 15.5. The molecule has 1 unspecified atom stereocenters. The zero-order valence-corrected chi connectivity index (χ0v) is 11.6. The van der Waals surface area contributed by atoms with Crippen LogP contribution in [0, 0.1) is 5.92 Å². The minimum absolute atomic E-state index is 0.0224. The predicted molar refractivity (Wildman–Crippen MR) is 75.0 cm³/mol. The van der Waals surface area contributed by atoms with Crippen LogP contribution in [-0.2, 0) is 4.79 Å². The van der Waals surface area contributed by atoms with E-state index < -0.39 is 0 Å². The molecule has 1 atom stereocenters. The molecule has 0 aliphatic heterocycles. The van der Waals surface area contributed by atoms with Crippen LogP contribution in [0.5, 0.6) is 5.75 Å². The van der Waals surface area contributed by atoms with E-state index in [9.17, 15) is 4.79 Å². The summed E-state index contributed by atoms with van der Waals surface area (Å²) in [5, 5.41) is 11.9. The third-order valence-electron chi connectivity index (χ3n) is 2.93. The van der Waals surface area contributed by atoms with Crippen molar-refractivity contribution in [2.75, 3.05) is 13.2 Å². The molecule has 2 N–H and O–H groups in total. The van der Waals surface area contributed by atoms with Crippen LogP contribution in [0.25, 0.3) is 0 Å². The van der Waals surface area contributed by atoms with Gasteiger partial charge in [-0.2, -0.15) is 0 Å². The molecule has 0 fully saturated rings. The minimum Gasteiger partial charge on any atom is -0.493 e. The summed E-state index contributed by atoms with van der Waals surface area (Å²) < 4.78 is 5.47. The summed E-state index contributed by atoms with van der Waals surface area (Å²) in [4.78, 5) is 11.8. The fraction of sp³-hybridized carbons (Fsp3) is 0.533. The molecule has 1 aromatic rings. The standard InChI is InChI=1S/C15H23NO3/c1-12(2)14(8-10-17)16-15(18)9-11-19-13-6-4-3-5-7-13/h3-7,12,14,17H,8-11H2,1-2H3,(H,16,18). The highest BCUT2D eigenvalue weighted by Gasteiger charge is 2.15. The van der Waals surface area contributed by atoms with Crippen molar-refractivity contribution >= 4 is 5.91 Å². The van der Waals surface area contributed by atoms with Crippen molar-refractivity contribution in [3.05, 3.63) is 30.3 Å². The summed E-state index contributed by atoms with van der Waals surface area (Å²) in [6, 6.07) is 9.45. The molecule has 0 spiro atoms. The molecule has 1 aromatic carbocycles. The number of aliphatic hydroxyl groups is 1. The molecule has 4 heteroatoms. The highest BCUT2D eigenvalue weighted by molar-refractivity contribution is 5.76. The van der Waals surface area contributed by atoms with Crippen LogP contribution in [0.4, 0.5) is 0 Å². The minimum atomic E-state index is -0.0388. The van der Waals surface area contributed by atoms with E-state index in [1.807, 2.05) is 44.2 Å². The fourth-order valence-corrected chi connectivity index (χ4v) is 1.77. The van der Waals surface area contributed by atoms with Crippen molar-refractivity contribution in [1.82, 2.24) is 5.32 Å². The lowest BCUT2D eigenvalue weighted by atomic mass is 10.0. The summed E-state index contributed by atoms with van der Waals surface area (Å²) in [7, 11) is 0. The molecule has 19 heavy (non-hydrogen) atoms. The van der Waals surface area contributed by atoms with Crippen molar-refractivity contribution in [3.63, 3.8) is 0 Å². The van der Waals surface area contributed by atoms with Crippen LogP contribution in [0.1, 0.15) is 26.7 Å². The highest BCUT2D eigenvalue weighted by atomic mass is 16.5. The summed E-state index contributed by atoms with van der Waals surface area (Å²) >= 11 is 0. The largest absolute Gasteiger partial charge is 0.493 e. The van der Waals surface area contributed by atoms with Gasteiger partial charge in [-0.3, -0.25) is 4.79 Å². The number of para-hydroxylation sites is 1. The number of hydrogen-bond acceptors (Lipinski definition) is 3. The second-order valence-electron chi connectivity index (χ2n) is 4.84. The van der Waals surface area contributed by atoms with Crippen LogP contribution in [0.2, 0.25) is 0 Å². The molecular weight excluding hydrogens is 242 g/mol. The SMILES string of the molecule is CC(C)C(CCO)NC(=O)CCOc1ccccc1. The normalized spacial score (nSPS) is 12.2. The monoisotopic (exact) mass is 265 g/mol. The molecule has 0 heterocycles. The molecule has 0 aromatic heterocycles. The second kappa shape index (κ2) is 8.53. The van der Waals surface area contributed by atoms with Gasteiger partial charge in [-0.25, -0.2) is 0 Å².